The van der Waals surface area contributed by atoms with Crippen LogP contribution in [0.1, 0.15) is 24.5 Å². The standard InChI is InChI=1S/C24H29N3O5S/c1-2-21(28)25-18(13-16-9-5-3-6-10-16)22(29)27-20(15-33)23(30)26-19(24(31)32)14-17-11-7-4-8-12-17/h3-12,18-20,33H,2,13-15H2,1H3,(H,25,28)(H,26,30)(H,27,29)(H,31,32)/t18-,19+,20+/m1/s1. The SMILES string of the molecule is CCC(=O)N[C@H](Cc1ccccc1)C(=O)N[C@@H](CS)C(=O)N[C@@H](Cc1ccccc1)C(=O)O. The summed E-state index contributed by atoms with van der Waals surface area (Å²) in [7, 11) is 0. The number of carbonyl (C=O) groups excluding carboxylic acids is 3. The van der Waals surface area contributed by atoms with Gasteiger partial charge < -0.3 is 21.1 Å². The summed E-state index contributed by atoms with van der Waals surface area (Å²) >= 11 is 4.15. The van der Waals surface area contributed by atoms with E-state index in [0.29, 0.717) is 0 Å². The number of nitrogens with one attached hydrogen (secondary N) is 3. The van der Waals surface area contributed by atoms with Gasteiger partial charge in [0.1, 0.15) is 18.1 Å². The third kappa shape index (κ3) is 8.61. The highest BCUT2D eigenvalue weighted by atomic mass is 32.1. The third-order valence-corrected chi connectivity index (χ3v) is 5.33. The Kier molecular flexibility index (Phi) is 10.4. The third-order valence-electron chi connectivity index (χ3n) is 4.97. The van der Waals surface area contributed by atoms with Gasteiger partial charge in [-0.25, -0.2) is 4.79 Å². The highest BCUT2D eigenvalue weighted by molar-refractivity contribution is 7.80. The van der Waals surface area contributed by atoms with E-state index in [2.05, 4.69) is 28.6 Å². The van der Waals surface area contributed by atoms with E-state index in [4.69, 9.17) is 0 Å². The molecule has 0 unspecified atom stereocenters. The van der Waals surface area contributed by atoms with E-state index in [9.17, 15) is 24.3 Å². The van der Waals surface area contributed by atoms with Gasteiger partial charge in [-0.2, -0.15) is 12.6 Å². The molecular formula is C24H29N3O5S. The molecule has 0 radical (unpaired) electrons. The van der Waals surface area contributed by atoms with Gasteiger partial charge in [0.25, 0.3) is 0 Å². The lowest BCUT2D eigenvalue weighted by molar-refractivity contribution is -0.142. The van der Waals surface area contributed by atoms with Crippen molar-refractivity contribution in [3.8, 4) is 0 Å². The van der Waals surface area contributed by atoms with E-state index >= 15 is 0 Å². The van der Waals surface area contributed by atoms with Crippen LogP contribution in [-0.2, 0) is 32.0 Å². The van der Waals surface area contributed by atoms with Gasteiger partial charge in [-0.1, -0.05) is 67.6 Å². The number of carboxylic acids is 1. The zero-order valence-electron chi connectivity index (χ0n) is 18.4. The molecule has 3 atom stereocenters. The predicted octanol–water partition coefficient (Wildman–Crippen LogP) is 1.35. The van der Waals surface area contributed by atoms with Gasteiger partial charge >= 0.3 is 5.97 Å². The van der Waals surface area contributed by atoms with Crippen LogP contribution >= 0.6 is 12.6 Å². The largest absolute Gasteiger partial charge is 0.480 e. The number of carboxylic acid groups (broad SMARTS) is 1. The van der Waals surface area contributed by atoms with Crippen molar-refractivity contribution in [3.63, 3.8) is 0 Å². The summed E-state index contributed by atoms with van der Waals surface area (Å²) in [4.78, 5) is 49.3. The summed E-state index contributed by atoms with van der Waals surface area (Å²) in [5.41, 5.74) is 1.59. The number of thiol groups is 1. The van der Waals surface area contributed by atoms with E-state index in [1.165, 1.54) is 0 Å². The van der Waals surface area contributed by atoms with Crippen LogP contribution in [-0.4, -0.2) is 52.7 Å². The molecule has 0 saturated heterocycles. The molecule has 2 aromatic carbocycles. The van der Waals surface area contributed by atoms with Crippen LogP contribution < -0.4 is 16.0 Å². The van der Waals surface area contributed by atoms with Gasteiger partial charge in [-0.05, 0) is 11.1 Å². The van der Waals surface area contributed by atoms with E-state index in [-0.39, 0.29) is 30.9 Å². The Morgan fingerprint density at radius 2 is 1.21 bits per heavy atom. The highest BCUT2D eigenvalue weighted by Gasteiger charge is 2.29. The molecule has 33 heavy (non-hydrogen) atoms. The molecule has 9 heteroatoms. The molecule has 0 spiro atoms. The van der Waals surface area contributed by atoms with Gasteiger partial charge in [-0.15, -0.1) is 0 Å². The Bertz CT molecular complexity index is 940. The predicted molar refractivity (Wildman–Crippen MR) is 128 cm³/mol. The van der Waals surface area contributed by atoms with Crippen LogP contribution in [0, 0.1) is 0 Å². The molecule has 0 fully saturated rings. The minimum Gasteiger partial charge on any atom is -0.480 e. The monoisotopic (exact) mass is 471 g/mol. The summed E-state index contributed by atoms with van der Waals surface area (Å²) in [6.45, 7) is 1.68. The van der Waals surface area contributed by atoms with Crippen molar-refractivity contribution in [2.24, 2.45) is 0 Å². The molecule has 176 valence electrons. The molecule has 0 bridgehead atoms. The number of aliphatic carboxylic acids is 1. The molecular weight excluding hydrogens is 442 g/mol. The Balaban J connectivity index is 2.07. The van der Waals surface area contributed by atoms with Crippen LogP contribution in [0.5, 0.6) is 0 Å². The minimum absolute atomic E-state index is 0.0466. The fourth-order valence-corrected chi connectivity index (χ4v) is 3.40. The summed E-state index contributed by atoms with van der Waals surface area (Å²) in [6, 6.07) is 15.0. The Morgan fingerprint density at radius 1 is 0.758 bits per heavy atom. The van der Waals surface area contributed by atoms with Gasteiger partial charge in [0.15, 0.2) is 0 Å². The van der Waals surface area contributed by atoms with Crippen molar-refractivity contribution in [1.82, 2.24) is 16.0 Å². The van der Waals surface area contributed by atoms with Gasteiger partial charge in [0, 0.05) is 25.0 Å². The summed E-state index contributed by atoms with van der Waals surface area (Å²) in [5, 5.41) is 17.3. The average molecular weight is 472 g/mol. The number of rotatable bonds is 12. The van der Waals surface area contributed by atoms with E-state index in [0.717, 1.165) is 11.1 Å². The number of hydrogen-bond acceptors (Lipinski definition) is 5. The molecule has 2 rings (SSSR count). The molecule has 0 heterocycles. The van der Waals surface area contributed by atoms with E-state index < -0.39 is 35.9 Å². The zero-order valence-corrected chi connectivity index (χ0v) is 19.3. The summed E-state index contributed by atoms with van der Waals surface area (Å²) in [5.74, 6) is -2.75. The van der Waals surface area contributed by atoms with Gasteiger partial charge in [0.2, 0.25) is 17.7 Å². The van der Waals surface area contributed by atoms with E-state index in [1.807, 2.05) is 36.4 Å². The average Bonchev–Trinajstić information content (AvgIpc) is 2.82. The first kappa shape index (κ1) is 25.9. The normalized spacial score (nSPS) is 13.3. The quantitative estimate of drug-likeness (QED) is 0.299. The van der Waals surface area contributed by atoms with Crippen molar-refractivity contribution in [3.05, 3.63) is 71.8 Å². The Hall–Kier alpha value is -3.33. The number of amides is 3. The fraction of sp³-hybridized carbons (Fsp3) is 0.333. The van der Waals surface area contributed by atoms with Crippen LogP contribution in [0.2, 0.25) is 0 Å². The maximum Gasteiger partial charge on any atom is 0.326 e. The van der Waals surface area contributed by atoms with Crippen molar-refractivity contribution < 1.29 is 24.3 Å². The maximum atomic E-state index is 12.9. The summed E-state index contributed by atoms with van der Waals surface area (Å²) < 4.78 is 0. The molecule has 3 amide bonds. The lowest BCUT2D eigenvalue weighted by Crippen LogP contribution is -2.57. The van der Waals surface area contributed by atoms with Crippen molar-refractivity contribution in [2.45, 2.75) is 44.3 Å². The van der Waals surface area contributed by atoms with Crippen molar-refractivity contribution in [2.75, 3.05) is 5.75 Å². The zero-order chi connectivity index (χ0) is 24.2. The number of carbonyl (C=O) groups is 4. The molecule has 2 aromatic rings. The molecule has 0 saturated carbocycles. The van der Waals surface area contributed by atoms with Crippen LogP contribution in [0.3, 0.4) is 0 Å². The van der Waals surface area contributed by atoms with E-state index in [1.54, 1.807) is 31.2 Å². The molecule has 0 aliphatic rings. The van der Waals surface area contributed by atoms with Crippen LogP contribution in [0.15, 0.2) is 60.7 Å². The molecule has 0 aliphatic heterocycles. The maximum absolute atomic E-state index is 12.9. The number of hydrogen-bond donors (Lipinski definition) is 5. The second-order valence-corrected chi connectivity index (χ2v) is 7.86. The lowest BCUT2D eigenvalue weighted by Gasteiger charge is -2.23. The van der Waals surface area contributed by atoms with Crippen molar-refractivity contribution in [1.29, 1.82) is 0 Å². The van der Waals surface area contributed by atoms with Gasteiger partial charge in [-0.3, -0.25) is 14.4 Å². The molecule has 8 nitrogen and oxygen atoms in total. The smallest absolute Gasteiger partial charge is 0.326 e. The summed E-state index contributed by atoms with van der Waals surface area (Å²) in [6.07, 6.45) is 0.540. The first-order valence-electron chi connectivity index (χ1n) is 10.7. The second-order valence-electron chi connectivity index (χ2n) is 7.50. The first-order chi connectivity index (χ1) is 15.8. The second kappa shape index (κ2) is 13.3. The number of benzene rings is 2. The molecule has 0 aromatic heterocycles. The minimum atomic E-state index is -1.19. The first-order valence-corrected chi connectivity index (χ1v) is 11.3. The topological polar surface area (TPSA) is 125 Å². The Morgan fingerprint density at radius 3 is 1.67 bits per heavy atom. The van der Waals surface area contributed by atoms with Crippen LogP contribution in [0.25, 0.3) is 0 Å². The highest BCUT2D eigenvalue weighted by Crippen LogP contribution is 2.06. The molecule has 4 N–H and O–H groups in total. The van der Waals surface area contributed by atoms with Crippen LogP contribution in [0.4, 0.5) is 0 Å². The lowest BCUT2D eigenvalue weighted by atomic mass is 10.0. The van der Waals surface area contributed by atoms with Gasteiger partial charge in [0.05, 0.1) is 0 Å². The Labute approximate surface area is 198 Å². The fourth-order valence-electron chi connectivity index (χ4n) is 3.14. The molecule has 0 aliphatic carbocycles. The van der Waals surface area contributed by atoms with Crippen molar-refractivity contribution >= 4 is 36.3 Å².